The first-order chi connectivity index (χ1) is 16.0. The Morgan fingerprint density at radius 2 is 1.79 bits per heavy atom. The predicted molar refractivity (Wildman–Crippen MR) is 122 cm³/mol. The van der Waals surface area contributed by atoms with Crippen molar-refractivity contribution in [3.63, 3.8) is 0 Å². The molecule has 0 amide bonds. The van der Waals surface area contributed by atoms with Crippen LogP contribution in [0.15, 0.2) is 72.6 Å². The smallest absolute Gasteiger partial charge is 0.312 e. The quantitative estimate of drug-likeness (QED) is 0.273. The number of nitrogens with zero attached hydrogens (tertiary/aromatic N) is 1. The number of hydrogen-bond donors (Lipinski definition) is 1. The second-order valence-electron chi connectivity index (χ2n) is 8.33. The minimum Gasteiger partial charge on any atom is -0.508 e. The molecule has 1 N–H and O–H groups in total. The van der Waals surface area contributed by atoms with E-state index in [-0.39, 0.29) is 35.6 Å². The molecule has 0 unspecified atom stereocenters. The van der Waals surface area contributed by atoms with Gasteiger partial charge >= 0.3 is 5.97 Å². The van der Waals surface area contributed by atoms with E-state index in [0.717, 1.165) is 22.0 Å². The molecule has 6 heteroatoms. The van der Waals surface area contributed by atoms with E-state index in [1.165, 1.54) is 0 Å². The third kappa shape index (κ3) is 3.03. The van der Waals surface area contributed by atoms with Gasteiger partial charge < -0.3 is 19.1 Å². The van der Waals surface area contributed by atoms with Gasteiger partial charge in [-0.1, -0.05) is 30.3 Å². The van der Waals surface area contributed by atoms with Gasteiger partial charge in [0.1, 0.15) is 17.2 Å². The molecule has 33 heavy (non-hydrogen) atoms. The van der Waals surface area contributed by atoms with Gasteiger partial charge in [0.15, 0.2) is 5.76 Å². The Labute approximate surface area is 189 Å². The van der Waals surface area contributed by atoms with Crippen molar-refractivity contribution in [1.29, 1.82) is 0 Å². The SMILES string of the molecule is Cn1cc(/C=C2\Oc3c(ccc4c3[C@H](c3ccc(O)cc3)CC(=O)O4)C2=O)c2ccccc21. The number of phenolic OH excluding ortho intramolecular Hbond substituents is 1. The average Bonchev–Trinajstić information content (AvgIpc) is 3.30. The maximum Gasteiger partial charge on any atom is 0.312 e. The van der Waals surface area contributed by atoms with E-state index in [0.29, 0.717) is 22.6 Å². The molecule has 0 bridgehead atoms. The van der Waals surface area contributed by atoms with Gasteiger partial charge in [0.25, 0.3) is 0 Å². The molecule has 2 aliphatic heterocycles. The third-order valence-corrected chi connectivity index (χ3v) is 6.29. The van der Waals surface area contributed by atoms with Gasteiger partial charge in [-0.15, -0.1) is 0 Å². The molecule has 0 radical (unpaired) electrons. The summed E-state index contributed by atoms with van der Waals surface area (Å²) >= 11 is 0. The van der Waals surface area contributed by atoms with Gasteiger partial charge in [0, 0.05) is 41.2 Å². The Bertz CT molecular complexity index is 1490. The molecule has 162 valence electrons. The van der Waals surface area contributed by atoms with Crippen molar-refractivity contribution in [2.75, 3.05) is 0 Å². The molecule has 1 atom stereocenters. The zero-order valence-electron chi connectivity index (χ0n) is 17.7. The predicted octanol–water partition coefficient (Wildman–Crippen LogP) is 4.94. The molecular weight excluding hydrogens is 418 g/mol. The van der Waals surface area contributed by atoms with Crippen molar-refractivity contribution in [3.05, 3.63) is 94.9 Å². The lowest BCUT2D eigenvalue weighted by Gasteiger charge is -2.26. The van der Waals surface area contributed by atoms with Crippen molar-refractivity contribution >= 4 is 28.7 Å². The highest BCUT2D eigenvalue weighted by molar-refractivity contribution is 6.15. The highest BCUT2D eigenvalue weighted by Gasteiger charge is 2.38. The number of hydrogen-bond acceptors (Lipinski definition) is 5. The zero-order valence-corrected chi connectivity index (χ0v) is 17.7. The molecular formula is C27H19NO5. The fourth-order valence-corrected chi connectivity index (χ4v) is 4.73. The van der Waals surface area contributed by atoms with Gasteiger partial charge in [0.05, 0.1) is 12.0 Å². The maximum absolute atomic E-state index is 13.2. The molecule has 6 rings (SSSR count). The number of aromatic nitrogens is 1. The Morgan fingerprint density at radius 3 is 2.61 bits per heavy atom. The second kappa shape index (κ2) is 7.10. The van der Waals surface area contributed by atoms with E-state index >= 15 is 0 Å². The molecule has 3 aromatic carbocycles. The summed E-state index contributed by atoms with van der Waals surface area (Å²) in [6, 6.07) is 18.0. The van der Waals surface area contributed by atoms with E-state index in [4.69, 9.17) is 9.47 Å². The van der Waals surface area contributed by atoms with Crippen LogP contribution in [0.3, 0.4) is 0 Å². The molecule has 0 spiro atoms. The summed E-state index contributed by atoms with van der Waals surface area (Å²) in [6.07, 6.45) is 3.85. The van der Waals surface area contributed by atoms with E-state index < -0.39 is 0 Å². The summed E-state index contributed by atoms with van der Waals surface area (Å²) in [5.41, 5.74) is 3.90. The molecule has 0 saturated heterocycles. The number of aromatic hydroxyl groups is 1. The minimum atomic E-state index is -0.351. The number of ketones is 1. The number of para-hydroxylation sites is 1. The first kappa shape index (κ1) is 19.4. The van der Waals surface area contributed by atoms with Crippen LogP contribution in [0.25, 0.3) is 17.0 Å². The first-order valence-electron chi connectivity index (χ1n) is 10.6. The summed E-state index contributed by atoms with van der Waals surface area (Å²) in [7, 11) is 1.96. The number of rotatable bonds is 2. The standard InChI is InChI=1S/C27H19NO5/c1-28-14-16(18-4-2-3-5-21(18)28)12-23-26(31)19-10-11-22-25(27(19)33-23)20(13-24(30)32-22)15-6-8-17(29)9-7-15/h2-12,14,20,29H,13H2,1H3/b23-12-/t20-/m0/s1. The van der Waals surface area contributed by atoms with Crippen LogP contribution in [0.1, 0.15) is 39.4 Å². The Hall–Kier alpha value is -4.32. The highest BCUT2D eigenvalue weighted by Crippen LogP contribution is 2.49. The van der Waals surface area contributed by atoms with E-state index in [9.17, 15) is 14.7 Å². The van der Waals surface area contributed by atoms with Crippen molar-refractivity contribution in [3.8, 4) is 17.2 Å². The number of fused-ring (bicyclic) bond motifs is 4. The molecule has 3 heterocycles. The van der Waals surface area contributed by atoms with E-state index in [2.05, 4.69) is 0 Å². The number of esters is 1. The van der Waals surface area contributed by atoms with Gasteiger partial charge in [-0.2, -0.15) is 0 Å². The van der Waals surface area contributed by atoms with Crippen molar-refractivity contribution < 1.29 is 24.2 Å². The Kier molecular flexibility index (Phi) is 4.17. The van der Waals surface area contributed by atoms with Crippen molar-refractivity contribution in [2.45, 2.75) is 12.3 Å². The average molecular weight is 437 g/mol. The van der Waals surface area contributed by atoms with Gasteiger partial charge in [-0.3, -0.25) is 9.59 Å². The van der Waals surface area contributed by atoms with Crippen LogP contribution in [-0.2, 0) is 11.8 Å². The molecule has 0 saturated carbocycles. The van der Waals surface area contributed by atoms with Crippen LogP contribution in [0, 0.1) is 0 Å². The van der Waals surface area contributed by atoms with E-state index in [1.807, 2.05) is 42.1 Å². The molecule has 0 fully saturated rings. The lowest BCUT2D eigenvalue weighted by molar-refractivity contribution is -0.135. The molecule has 6 nitrogen and oxygen atoms in total. The van der Waals surface area contributed by atoms with Crippen LogP contribution in [0.4, 0.5) is 0 Å². The monoisotopic (exact) mass is 437 g/mol. The number of benzene rings is 3. The highest BCUT2D eigenvalue weighted by atomic mass is 16.5. The van der Waals surface area contributed by atoms with Crippen molar-refractivity contribution in [1.82, 2.24) is 4.57 Å². The fourth-order valence-electron chi connectivity index (χ4n) is 4.73. The number of ether oxygens (including phenoxy) is 2. The van der Waals surface area contributed by atoms with Crippen LogP contribution in [0.5, 0.6) is 17.2 Å². The van der Waals surface area contributed by atoms with Crippen LogP contribution in [0.2, 0.25) is 0 Å². The summed E-state index contributed by atoms with van der Waals surface area (Å²) in [4.78, 5) is 25.5. The second-order valence-corrected chi connectivity index (χ2v) is 8.33. The Morgan fingerprint density at radius 1 is 1.00 bits per heavy atom. The van der Waals surface area contributed by atoms with E-state index in [1.54, 1.807) is 42.5 Å². The topological polar surface area (TPSA) is 77.8 Å². The van der Waals surface area contributed by atoms with Crippen LogP contribution in [-0.4, -0.2) is 21.4 Å². The number of allylic oxidation sites excluding steroid dienone is 1. The summed E-state index contributed by atoms with van der Waals surface area (Å²) in [6.45, 7) is 0. The normalized spacial score (nSPS) is 18.2. The summed E-state index contributed by atoms with van der Waals surface area (Å²) < 4.78 is 13.6. The van der Waals surface area contributed by atoms with Crippen LogP contribution >= 0.6 is 0 Å². The molecule has 2 aliphatic rings. The van der Waals surface area contributed by atoms with Gasteiger partial charge in [0.2, 0.25) is 5.78 Å². The molecule has 4 aromatic rings. The zero-order chi connectivity index (χ0) is 22.7. The number of carbonyl (C=O) groups excluding carboxylic acids is 2. The van der Waals surface area contributed by atoms with Crippen LogP contribution < -0.4 is 9.47 Å². The lowest BCUT2D eigenvalue weighted by Crippen LogP contribution is -2.21. The molecule has 0 aliphatic carbocycles. The van der Waals surface area contributed by atoms with Gasteiger partial charge in [-0.25, -0.2) is 0 Å². The molecule has 1 aromatic heterocycles. The third-order valence-electron chi connectivity index (χ3n) is 6.29. The Balaban J connectivity index is 1.47. The van der Waals surface area contributed by atoms with Crippen molar-refractivity contribution in [2.24, 2.45) is 7.05 Å². The lowest BCUT2D eigenvalue weighted by atomic mass is 9.84. The number of phenols is 1. The maximum atomic E-state index is 13.2. The largest absolute Gasteiger partial charge is 0.508 e. The number of carbonyl (C=O) groups is 2. The number of aryl methyl sites for hydroxylation is 1. The summed E-state index contributed by atoms with van der Waals surface area (Å²) in [5.74, 6) is 0.287. The fraction of sp³-hybridized carbons (Fsp3) is 0.111. The van der Waals surface area contributed by atoms with Gasteiger partial charge in [-0.05, 0) is 42.0 Å². The minimum absolute atomic E-state index is 0.119. The first-order valence-corrected chi connectivity index (χ1v) is 10.6. The summed E-state index contributed by atoms with van der Waals surface area (Å²) in [5, 5.41) is 10.7. The number of Topliss-reactive ketones (excluding diaryl/α,β-unsaturated/α-hetero) is 1.